The highest BCUT2D eigenvalue weighted by Crippen LogP contribution is 2.30. The second-order valence-electron chi connectivity index (χ2n) is 5.62. The predicted molar refractivity (Wildman–Crippen MR) is 85.8 cm³/mol. The Morgan fingerprint density at radius 1 is 1.48 bits per heavy atom. The highest BCUT2D eigenvalue weighted by atomic mass is 32.1. The molecular formula is C14H24N4O2S. The van der Waals surface area contributed by atoms with Gasteiger partial charge < -0.3 is 20.6 Å². The van der Waals surface area contributed by atoms with Crippen LogP contribution in [0.3, 0.4) is 0 Å². The van der Waals surface area contributed by atoms with Crippen LogP contribution in [0.4, 0.5) is 10.9 Å². The summed E-state index contributed by atoms with van der Waals surface area (Å²) in [4.78, 5) is 21.1. The van der Waals surface area contributed by atoms with Gasteiger partial charge in [0.05, 0.1) is 6.10 Å². The fraction of sp³-hybridized carbons (Fsp3) is 0.714. The molecule has 1 saturated heterocycles. The molecular weight excluding hydrogens is 288 g/mol. The van der Waals surface area contributed by atoms with E-state index in [4.69, 9.17) is 5.73 Å². The van der Waals surface area contributed by atoms with Crippen molar-refractivity contribution in [1.29, 1.82) is 0 Å². The standard InChI is InChI=1S/C14H24N4O2S/c1-10(19)6-9-17(2)13(20)11-12(15)16-14(21-11)18-7-4-3-5-8-18/h10,19H,3-9,15H2,1-2H3. The summed E-state index contributed by atoms with van der Waals surface area (Å²) in [7, 11) is 1.73. The molecule has 1 fully saturated rings. The van der Waals surface area contributed by atoms with Gasteiger partial charge in [0.2, 0.25) is 0 Å². The number of nitrogen functional groups attached to an aromatic ring is 1. The monoisotopic (exact) mass is 312 g/mol. The number of piperidine rings is 1. The minimum absolute atomic E-state index is 0.117. The maximum absolute atomic E-state index is 12.4. The SMILES string of the molecule is CC(O)CCN(C)C(=O)c1sc(N2CCCCC2)nc1N. The van der Waals surface area contributed by atoms with Crippen molar-refractivity contribution in [3.63, 3.8) is 0 Å². The van der Waals surface area contributed by atoms with Crippen LogP contribution in [-0.4, -0.2) is 53.7 Å². The third-order valence-corrected chi connectivity index (χ3v) is 4.81. The molecule has 118 valence electrons. The van der Waals surface area contributed by atoms with E-state index in [0.717, 1.165) is 31.1 Å². The van der Waals surface area contributed by atoms with Crippen LogP contribution in [0, 0.1) is 0 Å². The van der Waals surface area contributed by atoms with Crippen molar-refractivity contribution >= 4 is 28.2 Å². The molecule has 7 heteroatoms. The van der Waals surface area contributed by atoms with E-state index < -0.39 is 6.10 Å². The lowest BCUT2D eigenvalue weighted by Crippen LogP contribution is -2.29. The lowest BCUT2D eigenvalue weighted by atomic mass is 10.1. The molecule has 0 spiro atoms. The molecule has 0 aliphatic carbocycles. The Morgan fingerprint density at radius 2 is 2.14 bits per heavy atom. The summed E-state index contributed by atoms with van der Waals surface area (Å²) in [6.45, 7) is 4.19. The van der Waals surface area contributed by atoms with E-state index in [9.17, 15) is 9.90 Å². The average molecular weight is 312 g/mol. The quantitative estimate of drug-likeness (QED) is 0.862. The van der Waals surface area contributed by atoms with E-state index in [1.165, 1.54) is 17.8 Å². The van der Waals surface area contributed by atoms with Crippen LogP contribution in [0.1, 0.15) is 42.3 Å². The van der Waals surface area contributed by atoms with Gasteiger partial charge in [-0.1, -0.05) is 11.3 Å². The number of hydrogen-bond donors (Lipinski definition) is 2. The van der Waals surface area contributed by atoms with Gasteiger partial charge in [-0.2, -0.15) is 0 Å². The van der Waals surface area contributed by atoms with Gasteiger partial charge in [-0.25, -0.2) is 4.98 Å². The zero-order valence-corrected chi connectivity index (χ0v) is 13.5. The maximum Gasteiger partial charge on any atom is 0.267 e. The van der Waals surface area contributed by atoms with E-state index in [1.54, 1.807) is 18.9 Å². The van der Waals surface area contributed by atoms with Crippen molar-refractivity contribution in [2.24, 2.45) is 0 Å². The number of nitrogens with zero attached hydrogens (tertiary/aromatic N) is 3. The van der Waals surface area contributed by atoms with Crippen molar-refractivity contribution in [2.75, 3.05) is 37.3 Å². The number of amides is 1. The lowest BCUT2D eigenvalue weighted by molar-refractivity contribution is 0.0774. The number of aliphatic hydroxyl groups is 1. The molecule has 0 aromatic carbocycles. The van der Waals surface area contributed by atoms with Gasteiger partial charge in [-0.05, 0) is 32.6 Å². The summed E-state index contributed by atoms with van der Waals surface area (Å²) in [6.07, 6.45) is 3.72. The fourth-order valence-corrected chi connectivity index (χ4v) is 3.38. The zero-order valence-electron chi connectivity index (χ0n) is 12.7. The van der Waals surface area contributed by atoms with Crippen LogP contribution in [-0.2, 0) is 0 Å². The molecule has 1 amide bonds. The van der Waals surface area contributed by atoms with E-state index in [-0.39, 0.29) is 5.91 Å². The number of rotatable bonds is 5. The average Bonchev–Trinajstić information content (AvgIpc) is 2.86. The highest BCUT2D eigenvalue weighted by molar-refractivity contribution is 7.18. The van der Waals surface area contributed by atoms with Crippen LogP contribution in [0.15, 0.2) is 0 Å². The molecule has 21 heavy (non-hydrogen) atoms. The van der Waals surface area contributed by atoms with Crippen LogP contribution >= 0.6 is 11.3 Å². The van der Waals surface area contributed by atoms with Gasteiger partial charge in [0.15, 0.2) is 5.13 Å². The van der Waals surface area contributed by atoms with Crippen LogP contribution < -0.4 is 10.6 Å². The molecule has 1 aliphatic rings. The molecule has 1 unspecified atom stereocenters. The summed E-state index contributed by atoms with van der Waals surface area (Å²) in [6, 6.07) is 0. The Balaban J connectivity index is 2.05. The third-order valence-electron chi connectivity index (χ3n) is 3.69. The molecule has 6 nitrogen and oxygen atoms in total. The van der Waals surface area contributed by atoms with Gasteiger partial charge >= 0.3 is 0 Å². The summed E-state index contributed by atoms with van der Waals surface area (Å²) < 4.78 is 0. The van der Waals surface area contributed by atoms with Gasteiger partial charge in [-0.3, -0.25) is 4.79 Å². The Hall–Kier alpha value is -1.34. The Labute approximate surface area is 129 Å². The topological polar surface area (TPSA) is 82.7 Å². The molecule has 1 atom stereocenters. The second kappa shape index (κ2) is 7.09. The summed E-state index contributed by atoms with van der Waals surface area (Å²) in [5, 5.41) is 10.2. The van der Waals surface area contributed by atoms with Crippen LogP contribution in [0.5, 0.6) is 0 Å². The molecule has 1 aliphatic heterocycles. The van der Waals surface area contributed by atoms with Crippen molar-refractivity contribution in [3.05, 3.63) is 4.88 Å². The summed E-state index contributed by atoms with van der Waals surface area (Å²) in [5.74, 6) is 0.198. The normalized spacial score (nSPS) is 16.8. The first-order valence-electron chi connectivity index (χ1n) is 7.44. The van der Waals surface area contributed by atoms with Crippen molar-refractivity contribution in [3.8, 4) is 0 Å². The Morgan fingerprint density at radius 3 is 2.76 bits per heavy atom. The fourth-order valence-electron chi connectivity index (χ4n) is 2.35. The zero-order chi connectivity index (χ0) is 15.4. The molecule has 3 N–H and O–H groups in total. The van der Waals surface area contributed by atoms with E-state index >= 15 is 0 Å². The number of nitrogens with two attached hydrogens (primary N) is 1. The number of carbonyl (C=O) groups is 1. The predicted octanol–water partition coefficient (Wildman–Crippen LogP) is 1.56. The second-order valence-corrected chi connectivity index (χ2v) is 6.60. The number of anilines is 2. The number of aliphatic hydroxyl groups excluding tert-OH is 1. The number of thiazole rings is 1. The third kappa shape index (κ3) is 4.07. The van der Waals surface area contributed by atoms with Gasteiger partial charge in [0.1, 0.15) is 10.7 Å². The smallest absolute Gasteiger partial charge is 0.267 e. The molecule has 0 bridgehead atoms. The first kappa shape index (κ1) is 16.0. The minimum Gasteiger partial charge on any atom is -0.393 e. The van der Waals surface area contributed by atoms with Crippen molar-refractivity contribution < 1.29 is 9.90 Å². The Kier molecular flexibility index (Phi) is 5.41. The molecule has 2 heterocycles. The van der Waals surface area contributed by atoms with E-state index in [0.29, 0.717) is 23.7 Å². The van der Waals surface area contributed by atoms with Crippen molar-refractivity contribution in [2.45, 2.75) is 38.7 Å². The largest absolute Gasteiger partial charge is 0.393 e. The number of carbonyl (C=O) groups excluding carboxylic acids is 1. The molecule has 1 aromatic rings. The minimum atomic E-state index is -0.414. The van der Waals surface area contributed by atoms with E-state index in [1.807, 2.05) is 0 Å². The van der Waals surface area contributed by atoms with Gasteiger partial charge in [0.25, 0.3) is 5.91 Å². The lowest BCUT2D eigenvalue weighted by Gasteiger charge is -2.25. The molecule has 1 aromatic heterocycles. The number of hydrogen-bond acceptors (Lipinski definition) is 6. The molecule has 0 saturated carbocycles. The number of aromatic nitrogens is 1. The molecule has 2 rings (SSSR count). The van der Waals surface area contributed by atoms with Gasteiger partial charge in [0, 0.05) is 26.7 Å². The first-order chi connectivity index (χ1) is 9.99. The summed E-state index contributed by atoms with van der Waals surface area (Å²) >= 11 is 1.37. The van der Waals surface area contributed by atoms with Crippen LogP contribution in [0.25, 0.3) is 0 Å². The van der Waals surface area contributed by atoms with Gasteiger partial charge in [-0.15, -0.1) is 0 Å². The van der Waals surface area contributed by atoms with Crippen molar-refractivity contribution in [1.82, 2.24) is 9.88 Å². The summed E-state index contributed by atoms with van der Waals surface area (Å²) in [5.41, 5.74) is 5.92. The van der Waals surface area contributed by atoms with E-state index in [2.05, 4.69) is 9.88 Å². The Bertz CT molecular complexity index is 483. The maximum atomic E-state index is 12.4. The highest BCUT2D eigenvalue weighted by Gasteiger charge is 2.23. The first-order valence-corrected chi connectivity index (χ1v) is 8.25. The molecule has 0 radical (unpaired) electrons. The van der Waals surface area contributed by atoms with Crippen LogP contribution in [0.2, 0.25) is 0 Å².